The summed E-state index contributed by atoms with van der Waals surface area (Å²) in [6, 6.07) is 11.4. The molecular formula is C13H12ClN3. The first-order chi connectivity index (χ1) is 8.13. The zero-order chi connectivity index (χ0) is 12.4. The topological polar surface area (TPSA) is 54.7 Å². The van der Waals surface area contributed by atoms with Crippen molar-refractivity contribution in [2.75, 3.05) is 5.73 Å². The summed E-state index contributed by atoms with van der Waals surface area (Å²) < 4.78 is 1.87. The van der Waals surface area contributed by atoms with Gasteiger partial charge >= 0.3 is 0 Å². The van der Waals surface area contributed by atoms with Crippen LogP contribution >= 0.6 is 11.6 Å². The van der Waals surface area contributed by atoms with E-state index in [0.29, 0.717) is 22.9 Å². The second-order valence-electron chi connectivity index (χ2n) is 3.86. The van der Waals surface area contributed by atoms with E-state index in [2.05, 4.69) is 6.07 Å². The summed E-state index contributed by atoms with van der Waals surface area (Å²) in [6.07, 6.45) is 0. The van der Waals surface area contributed by atoms with Crippen LogP contribution in [0.25, 0.3) is 0 Å². The molecule has 0 radical (unpaired) electrons. The summed E-state index contributed by atoms with van der Waals surface area (Å²) in [7, 11) is 0. The number of aromatic nitrogens is 1. The molecule has 0 spiro atoms. The first-order valence-electron chi connectivity index (χ1n) is 5.22. The Morgan fingerprint density at radius 2 is 2.12 bits per heavy atom. The van der Waals surface area contributed by atoms with Crippen LogP contribution in [-0.4, -0.2) is 4.57 Å². The van der Waals surface area contributed by atoms with E-state index in [1.165, 1.54) is 0 Å². The van der Waals surface area contributed by atoms with Gasteiger partial charge in [-0.3, -0.25) is 0 Å². The molecule has 0 fully saturated rings. The number of halogens is 1. The molecule has 1 aromatic carbocycles. The van der Waals surface area contributed by atoms with Crippen LogP contribution in [0, 0.1) is 18.3 Å². The van der Waals surface area contributed by atoms with Crippen molar-refractivity contribution >= 4 is 17.3 Å². The number of nitrogens with zero attached hydrogens (tertiary/aromatic N) is 2. The van der Waals surface area contributed by atoms with Crippen LogP contribution in [0.3, 0.4) is 0 Å². The third kappa shape index (κ3) is 2.13. The lowest BCUT2D eigenvalue weighted by Gasteiger charge is -2.09. The smallest absolute Gasteiger partial charge is 0.122 e. The minimum Gasteiger partial charge on any atom is -0.397 e. The molecule has 1 heterocycles. The lowest BCUT2D eigenvalue weighted by Crippen LogP contribution is -2.05. The quantitative estimate of drug-likeness (QED) is 0.884. The van der Waals surface area contributed by atoms with Gasteiger partial charge in [-0.15, -0.1) is 0 Å². The third-order valence-electron chi connectivity index (χ3n) is 2.81. The van der Waals surface area contributed by atoms with Gasteiger partial charge in [0.15, 0.2) is 0 Å². The molecule has 1 aromatic heterocycles. The normalized spacial score (nSPS) is 10.2. The maximum Gasteiger partial charge on any atom is 0.122 e. The van der Waals surface area contributed by atoms with Crippen molar-refractivity contribution in [2.24, 2.45) is 0 Å². The number of nitrogens with two attached hydrogens (primary N) is 1. The Balaban J connectivity index is 2.44. The predicted molar refractivity (Wildman–Crippen MR) is 68.9 cm³/mol. The standard InChI is InChI=1S/C13H12ClN3/c1-9-13(16)6-11(7-15)17(9)8-10-4-2-3-5-12(10)14/h2-6H,8,16H2,1H3. The van der Waals surface area contributed by atoms with Gasteiger partial charge < -0.3 is 10.3 Å². The first-order valence-corrected chi connectivity index (χ1v) is 5.60. The Labute approximate surface area is 105 Å². The first kappa shape index (κ1) is 11.6. The van der Waals surface area contributed by atoms with Crippen molar-refractivity contribution in [3.05, 3.63) is 52.3 Å². The molecule has 2 N–H and O–H groups in total. The van der Waals surface area contributed by atoms with Crippen LogP contribution in [0.2, 0.25) is 5.02 Å². The third-order valence-corrected chi connectivity index (χ3v) is 3.18. The van der Waals surface area contributed by atoms with E-state index >= 15 is 0 Å². The number of hydrogen-bond acceptors (Lipinski definition) is 2. The lowest BCUT2D eigenvalue weighted by atomic mass is 10.2. The predicted octanol–water partition coefficient (Wildman–Crippen LogP) is 2.95. The highest BCUT2D eigenvalue weighted by Crippen LogP contribution is 2.22. The molecule has 4 heteroatoms. The van der Waals surface area contributed by atoms with Gasteiger partial charge in [0.1, 0.15) is 11.8 Å². The SMILES string of the molecule is Cc1c(N)cc(C#N)n1Cc1ccccc1Cl. The van der Waals surface area contributed by atoms with Crippen LogP contribution in [0.5, 0.6) is 0 Å². The van der Waals surface area contributed by atoms with E-state index in [0.717, 1.165) is 11.3 Å². The number of hydrogen-bond donors (Lipinski definition) is 1. The fourth-order valence-corrected chi connectivity index (χ4v) is 1.96. The Morgan fingerprint density at radius 3 is 2.76 bits per heavy atom. The lowest BCUT2D eigenvalue weighted by molar-refractivity contribution is 0.766. The molecule has 0 aliphatic rings. The maximum atomic E-state index is 9.04. The molecule has 0 atom stereocenters. The average Bonchev–Trinajstić information content (AvgIpc) is 2.59. The number of rotatable bonds is 2. The summed E-state index contributed by atoms with van der Waals surface area (Å²) in [6.45, 7) is 2.46. The van der Waals surface area contributed by atoms with E-state index in [4.69, 9.17) is 22.6 Å². The summed E-state index contributed by atoms with van der Waals surface area (Å²) in [5, 5.41) is 9.74. The molecule has 0 bridgehead atoms. The largest absolute Gasteiger partial charge is 0.397 e. The van der Waals surface area contributed by atoms with E-state index in [1.54, 1.807) is 6.07 Å². The zero-order valence-corrected chi connectivity index (χ0v) is 10.2. The van der Waals surface area contributed by atoms with Crippen LogP contribution in [-0.2, 0) is 6.54 Å². The molecule has 0 saturated carbocycles. The van der Waals surface area contributed by atoms with Gasteiger partial charge in [-0.25, -0.2) is 0 Å². The molecule has 3 nitrogen and oxygen atoms in total. The minimum absolute atomic E-state index is 0.555. The highest BCUT2D eigenvalue weighted by molar-refractivity contribution is 6.31. The molecule has 0 amide bonds. The van der Waals surface area contributed by atoms with Crippen molar-refractivity contribution in [2.45, 2.75) is 13.5 Å². The monoisotopic (exact) mass is 245 g/mol. The number of nitriles is 1. The maximum absolute atomic E-state index is 9.04. The summed E-state index contributed by atoms with van der Waals surface area (Å²) in [4.78, 5) is 0. The van der Waals surface area contributed by atoms with Gasteiger partial charge in [-0.05, 0) is 24.6 Å². The Hall–Kier alpha value is -1.92. The molecule has 86 valence electrons. The summed E-state index contributed by atoms with van der Waals surface area (Å²) in [5.41, 5.74) is 8.86. The van der Waals surface area contributed by atoms with Crippen molar-refractivity contribution in [3.63, 3.8) is 0 Å². The highest BCUT2D eigenvalue weighted by Gasteiger charge is 2.10. The van der Waals surface area contributed by atoms with Crippen molar-refractivity contribution in [1.82, 2.24) is 4.57 Å². The van der Waals surface area contributed by atoms with Gasteiger partial charge in [0.2, 0.25) is 0 Å². The fourth-order valence-electron chi connectivity index (χ4n) is 1.76. The summed E-state index contributed by atoms with van der Waals surface area (Å²) in [5.74, 6) is 0. The van der Waals surface area contributed by atoms with Gasteiger partial charge in [0.25, 0.3) is 0 Å². The molecule has 0 aliphatic carbocycles. The van der Waals surface area contributed by atoms with Crippen molar-refractivity contribution in [1.29, 1.82) is 5.26 Å². The minimum atomic E-state index is 0.555. The number of anilines is 1. The van der Waals surface area contributed by atoms with E-state index in [-0.39, 0.29) is 0 Å². The average molecular weight is 246 g/mol. The molecule has 0 unspecified atom stereocenters. The zero-order valence-electron chi connectivity index (χ0n) is 9.44. The van der Waals surface area contributed by atoms with Crippen LogP contribution in [0.15, 0.2) is 30.3 Å². The fraction of sp³-hybridized carbons (Fsp3) is 0.154. The van der Waals surface area contributed by atoms with E-state index < -0.39 is 0 Å². The van der Waals surface area contributed by atoms with Gasteiger partial charge in [0, 0.05) is 10.7 Å². The van der Waals surface area contributed by atoms with Gasteiger partial charge in [-0.2, -0.15) is 5.26 Å². The molecule has 2 rings (SSSR count). The Bertz CT molecular complexity index is 593. The summed E-state index contributed by atoms with van der Waals surface area (Å²) >= 11 is 6.10. The van der Waals surface area contributed by atoms with Crippen molar-refractivity contribution in [3.8, 4) is 6.07 Å². The van der Waals surface area contributed by atoms with Crippen molar-refractivity contribution < 1.29 is 0 Å². The second kappa shape index (κ2) is 4.52. The van der Waals surface area contributed by atoms with Crippen LogP contribution in [0.1, 0.15) is 17.0 Å². The van der Waals surface area contributed by atoms with E-state index in [9.17, 15) is 0 Å². The van der Waals surface area contributed by atoms with Gasteiger partial charge in [-0.1, -0.05) is 29.8 Å². The molecule has 0 saturated heterocycles. The van der Waals surface area contributed by atoms with Crippen LogP contribution in [0.4, 0.5) is 5.69 Å². The Morgan fingerprint density at radius 1 is 1.41 bits per heavy atom. The number of nitrogen functional groups attached to an aromatic ring is 1. The number of benzene rings is 1. The van der Waals surface area contributed by atoms with E-state index in [1.807, 2.05) is 35.8 Å². The molecule has 17 heavy (non-hydrogen) atoms. The highest BCUT2D eigenvalue weighted by atomic mass is 35.5. The Kier molecular flexibility index (Phi) is 3.08. The van der Waals surface area contributed by atoms with Crippen LogP contribution < -0.4 is 5.73 Å². The van der Waals surface area contributed by atoms with Gasteiger partial charge in [0.05, 0.1) is 12.2 Å². The molecule has 2 aromatic rings. The molecule has 0 aliphatic heterocycles. The molecular weight excluding hydrogens is 234 g/mol. The second-order valence-corrected chi connectivity index (χ2v) is 4.27.